The van der Waals surface area contributed by atoms with Gasteiger partial charge >= 0.3 is 17.8 Å². The topological polar surface area (TPSA) is 119 Å². The van der Waals surface area contributed by atoms with E-state index in [9.17, 15) is 32.9 Å². The molecule has 12 heteroatoms. The minimum Gasteiger partial charge on any atom is -0.480 e. The summed E-state index contributed by atoms with van der Waals surface area (Å²) in [4.78, 5) is 34.1. The van der Waals surface area contributed by atoms with Gasteiger partial charge in [-0.15, -0.1) is 0 Å². The van der Waals surface area contributed by atoms with E-state index < -0.39 is 41.6 Å². The third kappa shape index (κ3) is 5.52. The average Bonchev–Trinajstić information content (AvgIpc) is 3.02. The lowest BCUT2D eigenvalue weighted by Gasteiger charge is -2.21. The van der Waals surface area contributed by atoms with Gasteiger partial charge in [0.2, 0.25) is 5.91 Å². The first kappa shape index (κ1) is 19.9. The lowest BCUT2D eigenvalue weighted by atomic mass is 10.1. The van der Waals surface area contributed by atoms with Gasteiger partial charge in [0, 0.05) is 6.54 Å². The number of nitrogens with zero attached hydrogens (tertiary/aromatic N) is 4. The molecule has 0 unspecified atom stereocenters. The van der Waals surface area contributed by atoms with Gasteiger partial charge in [0.05, 0.1) is 10.5 Å². The molecule has 0 saturated carbocycles. The molecule has 1 N–H and O–H groups in total. The van der Waals surface area contributed by atoms with E-state index in [1.54, 1.807) is 0 Å². The van der Waals surface area contributed by atoms with E-state index >= 15 is 0 Å². The SMILES string of the molecule is O=C(O)CN(Cc1ccc(C(F)(F)F)cc1)C(=O)Cn1cc([N+](=O)[O-])cn1. The van der Waals surface area contributed by atoms with Crippen molar-refractivity contribution in [1.29, 1.82) is 0 Å². The summed E-state index contributed by atoms with van der Waals surface area (Å²) in [5.74, 6) is -2.03. The van der Waals surface area contributed by atoms with Crippen LogP contribution in [0.15, 0.2) is 36.7 Å². The Morgan fingerprint density at radius 1 is 1.26 bits per heavy atom. The summed E-state index contributed by atoms with van der Waals surface area (Å²) >= 11 is 0. The third-order valence-corrected chi connectivity index (χ3v) is 3.46. The lowest BCUT2D eigenvalue weighted by molar-refractivity contribution is -0.385. The number of aromatic nitrogens is 2. The molecule has 0 saturated heterocycles. The summed E-state index contributed by atoms with van der Waals surface area (Å²) in [7, 11) is 0. The highest BCUT2D eigenvalue weighted by atomic mass is 19.4. The molecule has 2 aromatic rings. The Morgan fingerprint density at radius 3 is 2.37 bits per heavy atom. The lowest BCUT2D eigenvalue weighted by Crippen LogP contribution is -2.37. The normalized spacial score (nSPS) is 11.2. The number of nitro groups is 1. The van der Waals surface area contributed by atoms with E-state index in [0.29, 0.717) is 5.56 Å². The Balaban J connectivity index is 2.12. The van der Waals surface area contributed by atoms with Crippen LogP contribution >= 0.6 is 0 Å². The summed E-state index contributed by atoms with van der Waals surface area (Å²) in [6.07, 6.45) is -2.57. The van der Waals surface area contributed by atoms with Gasteiger partial charge in [0.15, 0.2) is 0 Å². The van der Waals surface area contributed by atoms with Crippen molar-refractivity contribution in [2.24, 2.45) is 0 Å². The van der Waals surface area contributed by atoms with Gasteiger partial charge in [0.25, 0.3) is 0 Å². The molecule has 0 fully saturated rings. The molecule has 0 bridgehead atoms. The summed E-state index contributed by atoms with van der Waals surface area (Å²) in [6, 6.07) is 3.94. The van der Waals surface area contributed by atoms with Crippen LogP contribution in [0.2, 0.25) is 0 Å². The van der Waals surface area contributed by atoms with E-state index in [-0.39, 0.29) is 12.2 Å². The summed E-state index contributed by atoms with van der Waals surface area (Å²) in [6.45, 7) is -1.39. The summed E-state index contributed by atoms with van der Waals surface area (Å²) in [5, 5.41) is 23.2. The van der Waals surface area contributed by atoms with E-state index in [1.807, 2.05) is 0 Å². The molecule has 0 aliphatic carbocycles. The van der Waals surface area contributed by atoms with Crippen molar-refractivity contribution in [3.05, 3.63) is 57.9 Å². The van der Waals surface area contributed by atoms with Gasteiger partial charge in [0.1, 0.15) is 25.5 Å². The number of carboxylic acids is 1. The Hall–Kier alpha value is -3.44. The quantitative estimate of drug-likeness (QED) is 0.574. The molecule has 144 valence electrons. The number of carbonyl (C=O) groups is 2. The Bertz CT molecular complexity index is 848. The maximum atomic E-state index is 12.6. The smallest absolute Gasteiger partial charge is 0.416 e. The second-order valence-corrected chi connectivity index (χ2v) is 5.49. The number of halogens is 3. The van der Waals surface area contributed by atoms with E-state index in [1.165, 1.54) is 0 Å². The van der Waals surface area contributed by atoms with E-state index in [2.05, 4.69) is 5.10 Å². The average molecular weight is 386 g/mol. The van der Waals surface area contributed by atoms with Crippen LogP contribution < -0.4 is 0 Å². The Morgan fingerprint density at radius 2 is 1.89 bits per heavy atom. The second kappa shape index (κ2) is 7.85. The van der Waals surface area contributed by atoms with Gasteiger partial charge < -0.3 is 10.0 Å². The van der Waals surface area contributed by atoms with E-state index in [4.69, 9.17) is 5.11 Å². The highest BCUT2D eigenvalue weighted by molar-refractivity contribution is 5.81. The maximum absolute atomic E-state index is 12.6. The number of carboxylic acid groups (broad SMARTS) is 1. The van der Waals surface area contributed by atoms with Crippen LogP contribution in [0.4, 0.5) is 18.9 Å². The Labute approximate surface area is 149 Å². The molecule has 1 amide bonds. The maximum Gasteiger partial charge on any atom is 0.416 e. The van der Waals surface area contributed by atoms with Gasteiger partial charge in [-0.1, -0.05) is 12.1 Å². The number of aliphatic carboxylic acids is 1. The van der Waals surface area contributed by atoms with E-state index in [0.717, 1.165) is 46.2 Å². The third-order valence-electron chi connectivity index (χ3n) is 3.46. The van der Waals surface area contributed by atoms with Gasteiger partial charge in [-0.3, -0.25) is 24.4 Å². The van der Waals surface area contributed by atoms with Crippen LogP contribution in [0, 0.1) is 10.1 Å². The van der Waals surface area contributed by atoms with Crippen molar-refractivity contribution in [3.63, 3.8) is 0 Å². The number of hydrogen-bond acceptors (Lipinski definition) is 5. The van der Waals surface area contributed by atoms with Crippen LogP contribution in [0.25, 0.3) is 0 Å². The van der Waals surface area contributed by atoms with Crippen molar-refractivity contribution in [1.82, 2.24) is 14.7 Å². The number of rotatable bonds is 7. The van der Waals surface area contributed by atoms with Crippen LogP contribution in [0.1, 0.15) is 11.1 Å². The highest BCUT2D eigenvalue weighted by Crippen LogP contribution is 2.29. The van der Waals surface area contributed by atoms with Crippen LogP contribution in [0.3, 0.4) is 0 Å². The molecular weight excluding hydrogens is 373 g/mol. The molecule has 9 nitrogen and oxygen atoms in total. The standard InChI is InChI=1S/C15H13F3N4O5/c16-15(17,18)11-3-1-10(2-4-11)6-20(9-14(24)25)13(23)8-21-7-12(5-19-21)22(26)27/h1-5,7H,6,8-9H2,(H,24,25). The predicted molar refractivity (Wildman–Crippen MR) is 83.4 cm³/mol. The number of benzene rings is 1. The highest BCUT2D eigenvalue weighted by Gasteiger charge is 2.30. The Kier molecular flexibility index (Phi) is 5.78. The summed E-state index contributed by atoms with van der Waals surface area (Å²) < 4.78 is 38.7. The van der Waals surface area contributed by atoms with Crippen molar-refractivity contribution in [2.75, 3.05) is 6.54 Å². The van der Waals surface area contributed by atoms with Gasteiger partial charge in [-0.2, -0.15) is 18.3 Å². The number of alkyl halides is 3. The minimum absolute atomic E-state index is 0.243. The zero-order valence-electron chi connectivity index (χ0n) is 13.6. The van der Waals surface area contributed by atoms with Crippen molar-refractivity contribution < 1.29 is 32.8 Å². The molecule has 0 atom stereocenters. The monoisotopic (exact) mass is 386 g/mol. The first-order valence-electron chi connectivity index (χ1n) is 7.39. The molecule has 0 radical (unpaired) electrons. The molecule has 1 aromatic carbocycles. The zero-order valence-corrected chi connectivity index (χ0v) is 13.6. The van der Waals surface area contributed by atoms with Gasteiger partial charge in [-0.05, 0) is 17.7 Å². The van der Waals surface area contributed by atoms with Crippen LogP contribution in [0.5, 0.6) is 0 Å². The minimum atomic E-state index is -4.51. The molecule has 0 aliphatic rings. The number of hydrogen-bond donors (Lipinski definition) is 1. The summed E-state index contributed by atoms with van der Waals surface area (Å²) in [5.41, 5.74) is -0.911. The molecule has 0 spiro atoms. The van der Waals surface area contributed by atoms with Crippen LogP contribution in [-0.2, 0) is 28.9 Å². The first-order chi connectivity index (χ1) is 12.6. The second-order valence-electron chi connectivity index (χ2n) is 5.49. The number of amides is 1. The molecular formula is C15H13F3N4O5. The molecule has 0 aliphatic heterocycles. The fourth-order valence-corrected chi connectivity index (χ4v) is 2.19. The molecule has 1 aromatic heterocycles. The van der Waals surface area contributed by atoms with Crippen molar-refractivity contribution in [2.45, 2.75) is 19.3 Å². The van der Waals surface area contributed by atoms with Gasteiger partial charge in [-0.25, -0.2) is 0 Å². The molecule has 2 rings (SSSR count). The number of carbonyl (C=O) groups excluding carboxylic acids is 1. The molecule has 27 heavy (non-hydrogen) atoms. The largest absolute Gasteiger partial charge is 0.480 e. The fourth-order valence-electron chi connectivity index (χ4n) is 2.19. The van der Waals surface area contributed by atoms with Crippen LogP contribution in [-0.4, -0.2) is 43.1 Å². The van der Waals surface area contributed by atoms with Crippen molar-refractivity contribution >= 4 is 17.6 Å². The first-order valence-corrected chi connectivity index (χ1v) is 7.39. The molecule has 1 heterocycles. The predicted octanol–water partition coefficient (Wildman–Crippen LogP) is 1.92. The fraction of sp³-hybridized carbons (Fsp3) is 0.267. The van der Waals surface area contributed by atoms with Crippen molar-refractivity contribution in [3.8, 4) is 0 Å². The zero-order chi connectivity index (χ0) is 20.2.